The molecule has 0 saturated heterocycles. The summed E-state index contributed by atoms with van der Waals surface area (Å²) in [5.74, 6) is 0.715. The first kappa shape index (κ1) is 26.9. The van der Waals surface area contributed by atoms with Crippen LogP contribution in [0.25, 0.3) is 0 Å². The van der Waals surface area contributed by atoms with E-state index in [-0.39, 0.29) is 29.9 Å². The molecular formula is C24H36IN5O. The zero-order valence-electron chi connectivity index (χ0n) is 19.0. The van der Waals surface area contributed by atoms with E-state index in [9.17, 15) is 4.79 Å². The molecule has 170 valence electrons. The van der Waals surface area contributed by atoms with E-state index in [1.807, 2.05) is 37.3 Å². The molecule has 0 spiro atoms. The fraction of sp³-hybridized carbons (Fsp3) is 0.417. The predicted octanol–water partition coefficient (Wildman–Crippen LogP) is 3.63. The van der Waals surface area contributed by atoms with Gasteiger partial charge in [-0.25, -0.2) is 0 Å². The van der Waals surface area contributed by atoms with Crippen LogP contribution in [0.3, 0.4) is 0 Å². The van der Waals surface area contributed by atoms with Gasteiger partial charge in [-0.05, 0) is 50.6 Å². The Morgan fingerprint density at radius 1 is 1.03 bits per heavy atom. The summed E-state index contributed by atoms with van der Waals surface area (Å²) >= 11 is 0. The molecule has 0 saturated carbocycles. The Kier molecular flexibility index (Phi) is 12.8. The minimum atomic E-state index is -0.0459. The van der Waals surface area contributed by atoms with Crippen LogP contribution in [-0.2, 0) is 13.1 Å². The second kappa shape index (κ2) is 14.8. The first-order chi connectivity index (χ1) is 14.5. The average Bonchev–Trinajstić information content (AvgIpc) is 2.77. The van der Waals surface area contributed by atoms with Crippen molar-refractivity contribution in [2.24, 2.45) is 4.99 Å². The smallest absolute Gasteiger partial charge is 0.251 e. The summed E-state index contributed by atoms with van der Waals surface area (Å²) in [6.45, 7) is 7.16. The third-order valence-electron chi connectivity index (χ3n) is 5.09. The van der Waals surface area contributed by atoms with Crippen LogP contribution in [0.2, 0.25) is 0 Å². The number of hydrogen-bond donors (Lipinski definition) is 3. The number of nitrogens with one attached hydrogen (secondary N) is 3. The molecule has 2 aromatic rings. The van der Waals surface area contributed by atoms with Gasteiger partial charge in [-0.1, -0.05) is 42.5 Å². The van der Waals surface area contributed by atoms with E-state index in [4.69, 9.17) is 0 Å². The van der Waals surface area contributed by atoms with Gasteiger partial charge < -0.3 is 16.0 Å². The molecule has 2 aromatic carbocycles. The van der Waals surface area contributed by atoms with Gasteiger partial charge in [0.15, 0.2) is 5.96 Å². The summed E-state index contributed by atoms with van der Waals surface area (Å²) in [5.41, 5.74) is 3.04. The quantitative estimate of drug-likeness (QED) is 0.246. The van der Waals surface area contributed by atoms with Crippen LogP contribution in [0, 0.1) is 0 Å². The Hall–Kier alpha value is -2.13. The van der Waals surface area contributed by atoms with E-state index in [1.165, 1.54) is 5.56 Å². The van der Waals surface area contributed by atoms with Gasteiger partial charge in [-0.15, -0.1) is 24.0 Å². The molecule has 0 aliphatic heterocycles. The number of guanidine groups is 1. The van der Waals surface area contributed by atoms with Crippen LogP contribution in [0.15, 0.2) is 59.6 Å². The Labute approximate surface area is 203 Å². The van der Waals surface area contributed by atoms with Crippen molar-refractivity contribution in [3.8, 4) is 0 Å². The fourth-order valence-electron chi connectivity index (χ4n) is 3.14. The molecular weight excluding hydrogens is 501 g/mol. The van der Waals surface area contributed by atoms with Crippen molar-refractivity contribution in [3.63, 3.8) is 0 Å². The number of aliphatic imine (C=N–C) groups is 1. The maximum atomic E-state index is 12.0. The summed E-state index contributed by atoms with van der Waals surface area (Å²) in [6, 6.07) is 18.6. The topological polar surface area (TPSA) is 68.8 Å². The SMILES string of the molecule is CCNC(=O)c1cccc(CNC(=NC)NCCC(C)N(C)Cc2ccccc2)c1.I. The van der Waals surface area contributed by atoms with E-state index in [0.29, 0.717) is 24.7 Å². The lowest BCUT2D eigenvalue weighted by atomic mass is 10.1. The van der Waals surface area contributed by atoms with Crippen LogP contribution in [-0.4, -0.2) is 50.0 Å². The number of rotatable bonds is 10. The van der Waals surface area contributed by atoms with E-state index >= 15 is 0 Å². The molecule has 1 unspecified atom stereocenters. The van der Waals surface area contributed by atoms with Gasteiger partial charge in [0.1, 0.15) is 0 Å². The van der Waals surface area contributed by atoms with Crippen LogP contribution in [0.5, 0.6) is 0 Å². The first-order valence-electron chi connectivity index (χ1n) is 10.6. The molecule has 2 rings (SSSR count). The van der Waals surface area contributed by atoms with E-state index < -0.39 is 0 Å². The van der Waals surface area contributed by atoms with Crippen LogP contribution in [0.1, 0.15) is 41.8 Å². The number of nitrogens with zero attached hydrogens (tertiary/aromatic N) is 2. The second-order valence-corrected chi connectivity index (χ2v) is 7.45. The third-order valence-corrected chi connectivity index (χ3v) is 5.09. The number of hydrogen-bond acceptors (Lipinski definition) is 3. The number of benzene rings is 2. The normalized spacial score (nSPS) is 12.1. The zero-order chi connectivity index (χ0) is 21.8. The van der Waals surface area contributed by atoms with Gasteiger partial charge in [0, 0.05) is 44.8 Å². The largest absolute Gasteiger partial charge is 0.356 e. The number of carbonyl (C=O) groups excluding carboxylic acids is 1. The van der Waals surface area contributed by atoms with Gasteiger partial charge in [0.2, 0.25) is 0 Å². The van der Waals surface area contributed by atoms with E-state index in [1.54, 1.807) is 7.05 Å². The lowest BCUT2D eigenvalue weighted by Crippen LogP contribution is -2.39. The second-order valence-electron chi connectivity index (χ2n) is 7.45. The molecule has 0 aromatic heterocycles. The highest BCUT2D eigenvalue weighted by molar-refractivity contribution is 14.0. The molecule has 3 N–H and O–H groups in total. The summed E-state index contributed by atoms with van der Waals surface area (Å²) in [7, 11) is 3.93. The summed E-state index contributed by atoms with van der Waals surface area (Å²) < 4.78 is 0. The number of carbonyl (C=O) groups is 1. The molecule has 7 heteroatoms. The molecule has 0 heterocycles. The van der Waals surface area contributed by atoms with Crippen LogP contribution >= 0.6 is 24.0 Å². The summed E-state index contributed by atoms with van der Waals surface area (Å²) in [6.07, 6.45) is 1.01. The van der Waals surface area contributed by atoms with Crippen molar-refractivity contribution in [1.82, 2.24) is 20.9 Å². The zero-order valence-corrected chi connectivity index (χ0v) is 21.4. The van der Waals surface area contributed by atoms with Crippen molar-refractivity contribution in [2.75, 3.05) is 27.2 Å². The standard InChI is InChI=1S/C24H35N5O.HI/c1-5-26-23(30)22-13-9-12-21(16-22)17-28-24(25-3)27-15-14-19(2)29(4)18-20-10-7-6-8-11-20;/h6-13,16,19H,5,14-15,17-18H2,1-4H3,(H,26,30)(H2,25,27,28);1H. The molecule has 31 heavy (non-hydrogen) atoms. The molecule has 1 atom stereocenters. The van der Waals surface area contributed by atoms with Crippen molar-refractivity contribution in [2.45, 2.75) is 39.4 Å². The molecule has 0 aliphatic carbocycles. The molecule has 0 bridgehead atoms. The highest BCUT2D eigenvalue weighted by Crippen LogP contribution is 2.08. The predicted molar refractivity (Wildman–Crippen MR) is 140 cm³/mol. The van der Waals surface area contributed by atoms with Crippen molar-refractivity contribution in [1.29, 1.82) is 0 Å². The van der Waals surface area contributed by atoms with Gasteiger partial charge in [-0.2, -0.15) is 0 Å². The first-order valence-corrected chi connectivity index (χ1v) is 10.6. The Balaban J connectivity index is 0.00000480. The third kappa shape index (κ3) is 9.69. The van der Waals surface area contributed by atoms with Crippen molar-refractivity contribution in [3.05, 3.63) is 71.3 Å². The highest BCUT2D eigenvalue weighted by atomic mass is 127. The van der Waals surface area contributed by atoms with Gasteiger partial charge >= 0.3 is 0 Å². The highest BCUT2D eigenvalue weighted by Gasteiger charge is 2.10. The lowest BCUT2D eigenvalue weighted by molar-refractivity contribution is 0.0955. The summed E-state index contributed by atoms with van der Waals surface area (Å²) in [4.78, 5) is 18.7. The lowest BCUT2D eigenvalue weighted by Gasteiger charge is -2.25. The van der Waals surface area contributed by atoms with E-state index in [2.05, 4.69) is 64.1 Å². The molecule has 0 aliphatic rings. The molecule has 1 amide bonds. The van der Waals surface area contributed by atoms with Crippen LogP contribution in [0.4, 0.5) is 0 Å². The number of amides is 1. The average molecular weight is 537 g/mol. The fourth-order valence-corrected chi connectivity index (χ4v) is 3.14. The molecule has 0 fully saturated rings. The number of halogens is 1. The van der Waals surface area contributed by atoms with Crippen molar-refractivity contribution >= 4 is 35.8 Å². The van der Waals surface area contributed by atoms with Gasteiger partial charge in [0.05, 0.1) is 0 Å². The van der Waals surface area contributed by atoms with Crippen LogP contribution < -0.4 is 16.0 Å². The minimum Gasteiger partial charge on any atom is -0.356 e. The Morgan fingerprint density at radius 3 is 2.42 bits per heavy atom. The molecule has 0 radical (unpaired) electrons. The maximum Gasteiger partial charge on any atom is 0.251 e. The monoisotopic (exact) mass is 537 g/mol. The maximum absolute atomic E-state index is 12.0. The van der Waals surface area contributed by atoms with Crippen molar-refractivity contribution < 1.29 is 4.79 Å². The molecule has 6 nitrogen and oxygen atoms in total. The summed E-state index contributed by atoms with van der Waals surface area (Å²) in [5, 5.41) is 9.53. The van der Waals surface area contributed by atoms with Gasteiger partial charge in [0.25, 0.3) is 5.91 Å². The Bertz CT molecular complexity index is 813. The van der Waals surface area contributed by atoms with Gasteiger partial charge in [-0.3, -0.25) is 14.7 Å². The Morgan fingerprint density at radius 2 is 1.74 bits per heavy atom. The van der Waals surface area contributed by atoms with E-state index in [0.717, 1.165) is 31.0 Å². The minimum absolute atomic E-state index is 0.